The van der Waals surface area contributed by atoms with Crippen LogP contribution in [-0.2, 0) is 9.84 Å². The smallest absolute Gasteiger partial charge is 0.175 e. The lowest BCUT2D eigenvalue weighted by atomic mass is 10.3. The van der Waals surface area contributed by atoms with E-state index in [0.717, 1.165) is 6.26 Å². The number of anilines is 2. The maximum atomic E-state index is 11.1. The second-order valence-electron chi connectivity index (χ2n) is 2.69. The molecule has 1 aromatic carbocycles. The van der Waals surface area contributed by atoms with Crippen molar-refractivity contribution in [3.8, 4) is 0 Å². The molecule has 4 nitrogen and oxygen atoms in total. The van der Waals surface area contributed by atoms with E-state index in [1.54, 1.807) is 0 Å². The number of hydrogen-bond donors (Lipinski definition) is 2. The van der Waals surface area contributed by atoms with E-state index >= 15 is 0 Å². The molecule has 4 N–H and O–H groups in total. The highest BCUT2D eigenvalue weighted by molar-refractivity contribution is 7.90. The SMILES string of the molecule is CS(=O)(=O)c1cc(N)c(Cl)c(N)c1. The average Bonchev–Trinajstić information content (AvgIpc) is 1.97. The Kier molecular flexibility index (Phi) is 2.40. The van der Waals surface area contributed by atoms with Gasteiger partial charge in [-0.15, -0.1) is 0 Å². The first kappa shape index (κ1) is 10.1. The van der Waals surface area contributed by atoms with Crippen LogP contribution in [0.5, 0.6) is 0 Å². The van der Waals surface area contributed by atoms with Crippen LogP contribution in [-0.4, -0.2) is 14.7 Å². The van der Waals surface area contributed by atoms with Crippen LogP contribution in [0.3, 0.4) is 0 Å². The maximum Gasteiger partial charge on any atom is 0.175 e. The monoisotopic (exact) mass is 220 g/mol. The van der Waals surface area contributed by atoms with E-state index in [4.69, 9.17) is 23.1 Å². The molecule has 0 aliphatic heterocycles. The number of hydrogen-bond acceptors (Lipinski definition) is 4. The Balaban J connectivity index is 3.47. The molecule has 1 rings (SSSR count). The van der Waals surface area contributed by atoms with Gasteiger partial charge in [0.15, 0.2) is 9.84 Å². The molecule has 0 aromatic heterocycles. The molecule has 0 unspecified atom stereocenters. The molecule has 0 radical (unpaired) electrons. The van der Waals surface area contributed by atoms with Gasteiger partial charge in [-0.25, -0.2) is 8.42 Å². The summed E-state index contributed by atoms with van der Waals surface area (Å²) >= 11 is 5.65. The van der Waals surface area contributed by atoms with Crippen LogP contribution >= 0.6 is 11.6 Å². The van der Waals surface area contributed by atoms with Gasteiger partial charge in [0.05, 0.1) is 21.3 Å². The van der Waals surface area contributed by atoms with Crippen LogP contribution in [0.2, 0.25) is 5.02 Å². The van der Waals surface area contributed by atoms with Gasteiger partial charge in [0.25, 0.3) is 0 Å². The van der Waals surface area contributed by atoms with E-state index in [1.165, 1.54) is 12.1 Å². The molecule has 72 valence electrons. The molecule has 13 heavy (non-hydrogen) atoms. The van der Waals surface area contributed by atoms with Gasteiger partial charge < -0.3 is 11.5 Å². The van der Waals surface area contributed by atoms with Crippen LogP contribution in [0.1, 0.15) is 0 Å². The number of benzene rings is 1. The Bertz CT molecular complexity index is 419. The van der Waals surface area contributed by atoms with Crippen LogP contribution in [0.15, 0.2) is 17.0 Å². The summed E-state index contributed by atoms with van der Waals surface area (Å²) in [6, 6.07) is 2.57. The summed E-state index contributed by atoms with van der Waals surface area (Å²) in [6.45, 7) is 0. The van der Waals surface area contributed by atoms with Crippen molar-refractivity contribution in [2.45, 2.75) is 4.90 Å². The van der Waals surface area contributed by atoms with Crippen molar-refractivity contribution < 1.29 is 8.42 Å². The van der Waals surface area contributed by atoms with E-state index < -0.39 is 9.84 Å². The molecule has 6 heteroatoms. The first-order chi connectivity index (χ1) is 5.82. The number of nitrogens with two attached hydrogens (primary N) is 2. The highest BCUT2D eigenvalue weighted by Gasteiger charge is 2.11. The van der Waals surface area contributed by atoms with Gasteiger partial charge in [-0.1, -0.05) is 11.6 Å². The largest absolute Gasteiger partial charge is 0.397 e. The van der Waals surface area contributed by atoms with Crippen molar-refractivity contribution in [3.63, 3.8) is 0 Å². The van der Waals surface area contributed by atoms with Crippen molar-refractivity contribution in [2.24, 2.45) is 0 Å². The summed E-state index contributed by atoms with van der Waals surface area (Å²) in [7, 11) is -3.28. The van der Waals surface area contributed by atoms with Gasteiger partial charge in [0.2, 0.25) is 0 Å². The molecule has 0 heterocycles. The lowest BCUT2D eigenvalue weighted by Gasteiger charge is -2.05. The number of sulfone groups is 1. The summed E-state index contributed by atoms with van der Waals surface area (Å²) in [5.41, 5.74) is 11.2. The zero-order valence-electron chi connectivity index (χ0n) is 6.91. The summed E-state index contributed by atoms with van der Waals surface area (Å²) in [4.78, 5) is 0.0758. The van der Waals surface area contributed by atoms with E-state index in [-0.39, 0.29) is 21.3 Å². The van der Waals surface area contributed by atoms with Gasteiger partial charge in [0.1, 0.15) is 0 Å². The van der Waals surface area contributed by atoms with Gasteiger partial charge in [0, 0.05) is 6.26 Å². The minimum absolute atomic E-state index is 0.0758. The van der Waals surface area contributed by atoms with Gasteiger partial charge in [-0.3, -0.25) is 0 Å². The molecule has 0 atom stereocenters. The van der Waals surface area contributed by atoms with E-state index in [2.05, 4.69) is 0 Å². The first-order valence-corrected chi connectivity index (χ1v) is 5.64. The lowest BCUT2D eigenvalue weighted by molar-refractivity contribution is 0.602. The number of nitrogen functional groups attached to an aromatic ring is 2. The molecule has 0 bridgehead atoms. The molecular weight excluding hydrogens is 212 g/mol. The summed E-state index contributed by atoms with van der Waals surface area (Å²) in [6.07, 6.45) is 1.08. The topological polar surface area (TPSA) is 86.2 Å². The summed E-state index contributed by atoms with van der Waals surface area (Å²) in [5, 5.41) is 0.187. The molecule has 1 aromatic rings. The number of rotatable bonds is 1. The Hall–Kier alpha value is -0.940. The third-order valence-corrected chi connectivity index (χ3v) is 3.06. The third-order valence-electron chi connectivity index (χ3n) is 1.53. The highest BCUT2D eigenvalue weighted by Crippen LogP contribution is 2.28. The van der Waals surface area contributed by atoms with Crippen molar-refractivity contribution in [1.29, 1.82) is 0 Å². The third kappa shape index (κ3) is 2.05. The standard InChI is InChI=1S/C7H9ClN2O2S/c1-13(11,12)4-2-5(9)7(8)6(10)3-4/h2-3H,9-10H2,1H3. The van der Waals surface area contributed by atoms with Gasteiger partial charge in [-0.05, 0) is 12.1 Å². The molecule has 0 saturated carbocycles. The first-order valence-electron chi connectivity index (χ1n) is 3.37. The molecule has 0 aliphatic rings. The number of halogens is 1. The normalized spacial score (nSPS) is 11.5. The van der Waals surface area contributed by atoms with Crippen molar-refractivity contribution in [3.05, 3.63) is 17.2 Å². The van der Waals surface area contributed by atoms with Crippen molar-refractivity contribution >= 4 is 32.8 Å². The zero-order chi connectivity index (χ0) is 10.2. The van der Waals surface area contributed by atoms with E-state index in [1.807, 2.05) is 0 Å². The van der Waals surface area contributed by atoms with E-state index in [0.29, 0.717) is 0 Å². The molecule has 0 saturated heterocycles. The average molecular weight is 221 g/mol. The van der Waals surface area contributed by atoms with Crippen LogP contribution < -0.4 is 11.5 Å². The van der Waals surface area contributed by atoms with Crippen LogP contribution in [0.4, 0.5) is 11.4 Å². The predicted molar refractivity (Wildman–Crippen MR) is 53.4 cm³/mol. The van der Waals surface area contributed by atoms with Crippen LogP contribution in [0.25, 0.3) is 0 Å². The second kappa shape index (κ2) is 3.08. The van der Waals surface area contributed by atoms with Gasteiger partial charge in [-0.2, -0.15) is 0 Å². The molecule has 0 spiro atoms. The quantitative estimate of drug-likeness (QED) is 0.689. The fourth-order valence-electron chi connectivity index (χ4n) is 0.856. The molecule has 0 fully saturated rings. The minimum atomic E-state index is -3.28. The fourth-order valence-corrected chi connectivity index (χ4v) is 1.65. The van der Waals surface area contributed by atoms with Crippen LogP contribution in [0, 0.1) is 0 Å². The molecular formula is C7H9ClN2O2S. The summed E-state index contributed by atoms with van der Waals surface area (Å²) in [5.74, 6) is 0. The Labute approximate surface area is 81.4 Å². The molecule has 0 aliphatic carbocycles. The van der Waals surface area contributed by atoms with Crippen molar-refractivity contribution in [2.75, 3.05) is 17.7 Å². The predicted octanol–water partition coefficient (Wildman–Crippen LogP) is 0.908. The Morgan fingerprint density at radius 3 is 1.92 bits per heavy atom. The highest BCUT2D eigenvalue weighted by atomic mass is 35.5. The Morgan fingerprint density at radius 1 is 1.23 bits per heavy atom. The molecule has 0 amide bonds. The zero-order valence-corrected chi connectivity index (χ0v) is 8.48. The summed E-state index contributed by atoms with van der Waals surface area (Å²) < 4.78 is 22.2. The van der Waals surface area contributed by atoms with Crippen molar-refractivity contribution in [1.82, 2.24) is 0 Å². The Morgan fingerprint density at radius 2 is 1.62 bits per heavy atom. The lowest BCUT2D eigenvalue weighted by Crippen LogP contribution is -2.01. The minimum Gasteiger partial charge on any atom is -0.397 e. The maximum absolute atomic E-state index is 11.1. The second-order valence-corrected chi connectivity index (χ2v) is 5.08. The van der Waals surface area contributed by atoms with E-state index in [9.17, 15) is 8.42 Å². The van der Waals surface area contributed by atoms with Gasteiger partial charge >= 0.3 is 0 Å². The fraction of sp³-hybridized carbons (Fsp3) is 0.143.